The van der Waals surface area contributed by atoms with Crippen molar-refractivity contribution in [1.82, 2.24) is 4.90 Å². The summed E-state index contributed by atoms with van der Waals surface area (Å²) in [6, 6.07) is 0. The van der Waals surface area contributed by atoms with Crippen LogP contribution < -0.4 is 0 Å². The van der Waals surface area contributed by atoms with Crippen LogP contribution in [-0.4, -0.2) is 30.0 Å². The van der Waals surface area contributed by atoms with Crippen molar-refractivity contribution in [2.24, 2.45) is 5.92 Å². The number of nitrogens with zero attached hydrogens (tertiary/aromatic N) is 1. The molecule has 0 aromatic heterocycles. The number of thioether (sulfide) groups is 1. The summed E-state index contributed by atoms with van der Waals surface area (Å²) in [5, 5.41) is 1.12. The molecular formula is C9H15NOS. The summed E-state index contributed by atoms with van der Waals surface area (Å²) in [6.45, 7) is 4.92. The molecule has 1 aliphatic rings. The standard InChI is InChI=1S/C9H15NOS/c1-7(2)8(11)6-9-10(3)4-5-12-9/h6-7H,4-5H2,1-3H3/b9-6+. The fraction of sp³-hybridized carbons (Fsp3) is 0.667. The van der Waals surface area contributed by atoms with Gasteiger partial charge in [-0.05, 0) is 0 Å². The van der Waals surface area contributed by atoms with E-state index in [0.717, 1.165) is 17.3 Å². The van der Waals surface area contributed by atoms with Crippen LogP contribution in [0.4, 0.5) is 0 Å². The molecule has 1 heterocycles. The molecule has 3 heteroatoms. The van der Waals surface area contributed by atoms with E-state index in [0.29, 0.717) is 0 Å². The van der Waals surface area contributed by atoms with Gasteiger partial charge in [-0.2, -0.15) is 0 Å². The quantitative estimate of drug-likeness (QED) is 0.611. The highest BCUT2D eigenvalue weighted by molar-refractivity contribution is 8.03. The van der Waals surface area contributed by atoms with Crippen molar-refractivity contribution in [3.8, 4) is 0 Å². The van der Waals surface area contributed by atoms with Crippen molar-refractivity contribution in [3.63, 3.8) is 0 Å². The number of carbonyl (C=O) groups excluding carboxylic acids is 1. The normalized spacial score (nSPS) is 21.0. The SMILES string of the molecule is CC(C)C(=O)/C=C1/SCCN1C. The van der Waals surface area contributed by atoms with Gasteiger partial charge in [0.05, 0.1) is 5.03 Å². The van der Waals surface area contributed by atoms with Crippen LogP contribution >= 0.6 is 11.8 Å². The van der Waals surface area contributed by atoms with Crippen LogP contribution in [-0.2, 0) is 4.79 Å². The first-order chi connectivity index (χ1) is 5.61. The maximum Gasteiger partial charge on any atom is 0.160 e. The average Bonchev–Trinajstić information content (AvgIpc) is 2.36. The van der Waals surface area contributed by atoms with Gasteiger partial charge in [-0.3, -0.25) is 4.79 Å². The fourth-order valence-electron chi connectivity index (χ4n) is 0.948. The van der Waals surface area contributed by atoms with E-state index in [9.17, 15) is 4.79 Å². The molecule has 0 bridgehead atoms. The topological polar surface area (TPSA) is 20.3 Å². The molecule has 12 heavy (non-hydrogen) atoms. The zero-order valence-corrected chi connectivity index (χ0v) is 8.65. The Balaban J connectivity index is 2.61. The van der Waals surface area contributed by atoms with Crippen LogP contribution in [0.3, 0.4) is 0 Å². The molecule has 0 unspecified atom stereocenters. The second kappa shape index (κ2) is 3.99. The van der Waals surface area contributed by atoms with Crippen molar-refractivity contribution in [2.45, 2.75) is 13.8 Å². The second-order valence-corrected chi connectivity index (χ2v) is 4.42. The van der Waals surface area contributed by atoms with E-state index in [-0.39, 0.29) is 11.7 Å². The molecule has 0 N–H and O–H groups in total. The zero-order chi connectivity index (χ0) is 9.14. The third-order valence-corrected chi connectivity index (χ3v) is 3.00. The lowest BCUT2D eigenvalue weighted by molar-refractivity contribution is -0.117. The van der Waals surface area contributed by atoms with Crippen molar-refractivity contribution in [3.05, 3.63) is 11.1 Å². The number of carbonyl (C=O) groups is 1. The van der Waals surface area contributed by atoms with Crippen molar-refractivity contribution < 1.29 is 4.79 Å². The van der Waals surface area contributed by atoms with Crippen LogP contribution in [0, 0.1) is 5.92 Å². The van der Waals surface area contributed by atoms with Gasteiger partial charge in [0.1, 0.15) is 0 Å². The summed E-state index contributed by atoms with van der Waals surface area (Å²) in [6.07, 6.45) is 1.77. The lowest BCUT2D eigenvalue weighted by Gasteiger charge is -2.10. The molecular weight excluding hydrogens is 170 g/mol. The number of hydrogen-bond acceptors (Lipinski definition) is 3. The van der Waals surface area contributed by atoms with Crippen LogP contribution in [0.2, 0.25) is 0 Å². The molecule has 1 fully saturated rings. The van der Waals surface area contributed by atoms with E-state index in [1.807, 2.05) is 20.9 Å². The first kappa shape index (κ1) is 9.65. The summed E-state index contributed by atoms with van der Waals surface area (Å²) in [5.41, 5.74) is 0. The summed E-state index contributed by atoms with van der Waals surface area (Å²) >= 11 is 1.76. The Morgan fingerprint density at radius 2 is 2.33 bits per heavy atom. The van der Waals surface area contributed by atoms with E-state index in [2.05, 4.69) is 4.90 Å². The Labute approximate surface area is 78.0 Å². The van der Waals surface area contributed by atoms with Crippen LogP contribution in [0.1, 0.15) is 13.8 Å². The molecule has 1 saturated heterocycles. The zero-order valence-electron chi connectivity index (χ0n) is 7.83. The van der Waals surface area contributed by atoms with Crippen molar-refractivity contribution >= 4 is 17.5 Å². The minimum absolute atomic E-state index is 0.118. The molecule has 0 atom stereocenters. The van der Waals surface area contributed by atoms with Crippen LogP contribution in [0.25, 0.3) is 0 Å². The molecule has 0 aromatic carbocycles. The van der Waals surface area contributed by atoms with Crippen LogP contribution in [0.5, 0.6) is 0 Å². The molecule has 0 saturated carbocycles. The largest absolute Gasteiger partial charge is 0.368 e. The summed E-state index contributed by atoms with van der Waals surface area (Å²) in [5.74, 6) is 1.45. The molecule has 0 amide bonds. The number of rotatable bonds is 2. The van der Waals surface area contributed by atoms with Gasteiger partial charge in [-0.15, -0.1) is 11.8 Å². The lowest BCUT2D eigenvalue weighted by atomic mass is 10.1. The van der Waals surface area contributed by atoms with E-state index in [1.165, 1.54) is 0 Å². The van der Waals surface area contributed by atoms with Gasteiger partial charge in [0.2, 0.25) is 0 Å². The molecule has 0 spiro atoms. The second-order valence-electron chi connectivity index (χ2n) is 3.31. The lowest BCUT2D eigenvalue weighted by Crippen LogP contribution is -2.13. The Bertz CT molecular complexity index is 211. The van der Waals surface area contributed by atoms with Crippen molar-refractivity contribution in [1.29, 1.82) is 0 Å². The highest BCUT2D eigenvalue weighted by Gasteiger charge is 2.15. The highest BCUT2D eigenvalue weighted by atomic mass is 32.2. The molecule has 1 rings (SSSR count). The Morgan fingerprint density at radius 3 is 2.75 bits per heavy atom. The van der Waals surface area contributed by atoms with Gasteiger partial charge >= 0.3 is 0 Å². The molecule has 2 nitrogen and oxygen atoms in total. The molecule has 0 aromatic rings. The van der Waals surface area contributed by atoms with Gasteiger partial charge in [-0.1, -0.05) is 13.8 Å². The number of hydrogen-bond donors (Lipinski definition) is 0. The van der Waals surface area contributed by atoms with Gasteiger partial charge in [0.25, 0.3) is 0 Å². The first-order valence-electron chi connectivity index (χ1n) is 4.20. The first-order valence-corrected chi connectivity index (χ1v) is 5.19. The number of allylic oxidation sites excluding steroid dienone is 1. The van der Waals surface area contributed by atoms with Crippen molar-refractivity contribution in [2.75, 3.05) is 19.3 Å². The van der Waals surface area contributed by atoms with Crippen LogP contribution in [0.15, 0.2) is 11.1 Å². The third kappa shape index (κ3) is 2.27. The predicted molar refractivity (Wildman–Crippen MR) is 53.0 cm³/mol. The summed E-state index contributed by atoms with van der Waals surface area (Å²) < 4.78 is 0. The molecule has 68 valence electrons. The monoisotopic (exact) mass is 185 g/mol. The maximum absolute atomic E-state index is 11.3. The van der Waals surface area contributed by atoms with E-state index in [1.54, 1.807) is 17.8 Å². The summed E-state index contributed by atoms with van der Waals surface area (Å²) in [7, 11) is 2.03. The van der Waals surface area contributed by atoms with Gasteiger partial charge in [0.15, 0.2) is 5.78 Å². The molecule has 0 radical (unpaired) electrons. The smallest absolute Gasteiger partial charge is 0.160 e. The van der Waals surface area contributed by atoms with Gasteiger partial charge in [0, 0.05) is 31.3 Å². The van der Waals surface area contributed by atoms with Gasteiger partial charge < -0.3 is 4.90 Å². The minimum Gasteiger partial charge on any atom is -0.368 e. The summed E-state index contributed by atoms with van der Waals surface area (Å²) in [4.78, 5) is 13.5. The third-order valence-electron chi connectivity index (χ3n) is 1.89. The van der Waals surface area contributed by atoms with E-state index >= 15 is 0 Å². The minimum atomic E-state index is 0.118. The van der Waals surface area contributed by atoms with E-state index < -0.39 is 0 Å². The molecule has 1 aliphatic heterocycles. The number of ketones is 1. The maximum atomic E-state index is 11.3. The fourth-order valence-corrected chi connectivity index (χ4v) is 2.03. The van der Waals surface area contributed by atoms with Gasteiger partial charge in [-0.25, -0.2) is 0 Å². The highest BCUT2D eigenvalue weighted by Crippen LogP contribution is 2.25. The predicted octanol–water partition coefficient (Wildman–Crippen LogP) is 1.73. The molecule has 0 aliphatic carbocycles. The Kier molecular flexibility index (Phi) is 3.20. The Hall–Kier alpha value is -0.440. The Morgan fingerprint density at radius 1 is 1.67 bits per heavy atom. The average molecular weight is 185 g/mol. The van der Waals surface area contributed by atoms with E-state index in [4.69, 9.17) is 0 Å².